The fourth-order valence-corrected chi connectivity index (χ4v) is 3.36. The number of nitrogens with one attached hydrogen (secondary N) is 1. The number of carbonyl (C=O) groups is 2. The number of hydrogen-bond donors (Lipinski definition) is 1. The van der Waals surface area contributed by atoms with E-state index in [1.807, 2.05) is 4.90 Å². The Bertz CT molecular complexity index is 599. The number of halogens is 2. The molecule has 3 rings (SSSR count). The minimum Gasteiger partial charge on any atom is -0.340 e. The molecule has 1 aromatic rings. The van der Waals surface area contributed by atoms with Crippen LogP contribution in [0, 0.1) is 5.82 Å². The third-order valence-corrected chi connectivity index (χ3v) is 4.62. The van der Waals surface area contributed by atoms with Crippen molar-refractivity contribution in [1.29, 1.82) is 0 Å². The van der Waals surface area contributed by atoms with E-state index in [9.17, 15) is 14.0 Å². The summed E-state index contributed by atoms with van der Waals surface area (Å²) in [6.07, 6.45) is 1.88. The van der Waals surface area contributed by atoms with Gasteiger partial charge in [-0.15, -0.1) is 12.4 Å². The summed E-state index contributed by atoms with van der Waals surface area (Å²) in [4.78, 5) is 28.2. The maximum absolute atomic E-state index is 13.7. The number of piperazine rings is 1. The van der Waals surface area contributed by atoms with Gasteiger partial charge in [0.05, 0.1) is 13.0 Å². The molecule has 7 heteroatoms. The molecule has 5 nitrogen and oxygen atoms in total. The number of benzene rings is 1. The van der Waals surface area contributed by atoms with Crippen LogP contribution in [-0.2, 0) is 16.0 Å². The van der Waals surface area contributed by atoms with E-state index in [4.69, 9.17) is 0 Å². The summed E-state index contributed by atoms with van der Waals surface area (Å²) in [5.41, 5.74) is 0.429. The van der Waals surface area contributed by atoms with E-state index in [0.29, 0.717) is 31.7 Å². The van der Waals surface area contributed by atoms with Gasteiger partial charge in [0.25, 0.3) is 0 Å². The number of amides is 2. The first-order valence-electron chi connectivity index (χ1n) is 8.16. The van der Waals surface area contributed by atoms with Crippen LogP contribution in [0.5, 0.6) is 0 Å². The number of nitrogens with zero attached hydrogens (tertiary/aromatic N) is 2. The Morgan fingerprint density at radius 1 is 1.29 bits per heavy atom. The van der Waals surface area contributed by atoms with Crippen molar-refractivity contribution in [2.24, 2.45) is 0 Å². The minimum absolute atomic E-state index is 0. The Kier molecular flexibility index (Phi) is 6.57. The molecule has 2 saturated heterocycles. The Morgan fingerprint density at radius 2 is 2.08 bits per heavy atom. The maximum atomic E-state index is 13.7. The van der Waals surface area contributed by atoms with Crippen LogP contribution in [0.25, 0.3) is 0 Å². The Balaban J connectivity index is 0.00000208. The van der Waals surface area contributed by atoms with Gasteiger partial charge >= 0.3 is 0 Å². The van der Waals surface area contributed by atoms with Crippen LogP contribution in [0.15, 0.2) is 24.3 Å². The van der Waals surface area contributed by atoms with E-state index in [1.54, 1.807) is 23.1 Å². The van der Waals surface area contributed by atoms with Crippen LogP contribution in [0.1, 0.15) is 18.4 Å². The quantitative estimate of drug-likeness (QED) is 0.886. The molecular weight excluding hydrogens is 333 g/mol. The van der Waals surface area contributed by atoms with Crippen molar-refractivity contribution in [3.63, 3.8) is 0 Å². The van der Waals surface area contributed by atoms with E-state index in [-0.39, 0.29) is 42.5 Å². The molecule has 2 heterocycles. The van der Waals surface area contributed by atoms with Crippen molar-refractivity contribution >= 4 is 24.2 Å². The molecule has 0 aliphatic carbocycles. The van der Waals surface area contributed by atoms with Gasteiger partial charge in [0.1, 0.15) is 5.82 Å². The maximum Gasteiger partial charge on any atom is 0.236 e. The molecule has 1 aromatic carbocycles. The van der Waals surface area contributed by atoms with E-state index in [1.165, 1.54) is 6.07 Å². The Morgan fingerprint density at radius 3 is 2.83 bits per heavy atom. The van der Waals surface area contributed by atoms with Gasteiger partial charge in [0, 0.05) is 32.2 Å². The van der Waals surface area contributed by atoms with Crippen molar-refractivity contribution in [3.8, 4) is 0 Å². The average molecular weight is 356 g/mol. The van der Waals surface area contributed by atoms with Crippen molar-refractivity contribution in [1.82, 2.24) is 15.1 Å². The minimum atomic E-state index is -0.341. The molecule has 0 bridgehead atoms. The normalized spacial score (nSPS) is 21.4. The summed E-state index contributed by atoms with van der Waals surface area (Å²) < 4.78 is 13.7. The van der Waals surface area contributed by atoms with Gasteiger partial charge in [0.15, 0.2) is 0 Å². The van der Waals surface area contributed by atoms with E-state index in [2.05, 4.69) is 5.32 Å². The van der Waals surface area contributed by atoms with Crippen LogP contribution >= 0.6 is 12.4 Å². The molecule has 2 amide bonds. The second kappa shape index (κ2) is 8.44. The molecule has 0 saturated carbocycles. The first kappa shape index (κ1) is 18.7. The third kappa shape index (κ3) is 4.24. The molecule has 0 aromatic heterocycles. The summed E-state index contributed by atoms with van der Waals surface area (Å²) >= 11 is 0. The highest BCUT2D eigenvalue weighted by Crippen LogP contribution is 2.18. The molecular formula is C17H23ClFN3O2. The third-order valence-electron chi connectivity index (χ3n) is 4.62. The molecule has 1 N–H and O–H groups in total. The van der Waals surface area contributed by atoms with Gasteiger partial charge in [-0.1, -0.05) is 18.2 Å². The fraction of sp³-hybridized carbons (Fsp3) is 0.529. The number of likely N-dealkylation sites (tertiary alicyclic amines) is 1. The van der Waals surface area contributed by atoms with Crippen molar-refractivity contribution in [3.05, 3.63) is 35.6 Å². The number of rotatable bonds is 3. The van der Waals surface area contributed by atoms with Crippen LogP contribution < -0.4 is 5.32 Å². The Labute approximate surface area is 147 Å². The number of hydrogen-bond acceptors (Lipinski definition) is 3. The summed E-state index contributed by atoms with van der Waals surface area (Å²) in [5, 5.41) is 3.06. The van der Waals surface area contributed by atoms with Crippen LogP contribution in [0.2, 0.25) is 0 Å². The molecule has 132 valence electrons. The summed E-state index contributed by atoms with van der Waals surface area (Å²) in [6.45, 7) is 3.10. The molecule has 0 radical (unpaired) electrons. The zero-order chi connectivity index (χ0) is 16.2. The summed E-state index contributed by atoms with van der Waals surface area (Å²) in [7, 11) is 0. The molecule has 2 fully saturated rings. The lowest BCUT2D eigenvalue weighted by molar-refractivity contribution is -0.140. The molecule has 2 aliphatic rings. The lowest BCUT2D eigenvalue weighted by atomic mass is 10.0. The summed E-state index contributed by atoms with van der Waals surface area (Å²) in [5.74, 6) is -0.307. The lowest BCUT2D eigenvalue weighted by Crippen LogP contribution is -2.57. The molecule has 2 aliphatic heterocycles. The second-order valence-corrected chi connectivity index (χ2v) is 6.17. The monoisotopic (exact) mass is 355 g/mol. The van der Waals surface area contributed by atoms with Gasteiger partial charge in [-0.25, -0.2) is 4.39 Å². The Hall–Kier alpha value is -1.66. The van der Waals surface area contributed by atoms with Crippen molar-refractivity contribution < 1.29 is 14.0 Å². The topological polar surface area (TPSA) is 52.7 Å². The number of carbonyl (C=O) groups excluding carboxylic acids is 2. The fourth-order valence-electron chi connectivity index (χ4n) is 3.36. The highest BCUT2D eigenvalue weighted by atomic mass is 35.5. The van der Waals surface area contributed by atoms with E-state index >= 15 is 0 Å². The van der Waals surface area contributed by atoms with Crippen molar-refractivity contribution in [2.45, 2.75) is 25.3 Å². The second-order valence-electron chi connectivity index (χ2n) is 6.17. The van der Waals surface area contributed by atoms with Gasteiger partial charge in [0.2, 0.25) is 11.8 Å². The molecule has 1 atom stereocenters. The zero-order valence-corrected chi connectivity index (χ0v) is 14.4. The average Bonchev–Trinajstić information content (AvgIpc) is 2.57. The standard InChI is InChI=1S/C17H22FN3O2.ClH/c18-15-6-2-1-4-13(15)10-16(22)20-8-3-5-14(12-20)21-9-7-19-11-17(21)23;/h1-2,4,6,14,19H,3,5,7-12H2;1H. The SMILES string of the molecule is Cl.O=C(Cc1ccccc1F)N1CCCC(N2CCNCC2=O)C1. The molecule has 1 unspecified atom stereocenters. The first-order chi connectivity index (χ1) is 11.1. The van der Waals surface area contributed by atoms with Gasteiger partial charge in [-0.2, -0.15) is 0 Å². The lowest BCUT2D eigenvalue weighted by Gasteiger charge is -2.41. The summed E-state index contributed by atoms with van der Waals surface area (Å²) in [6, 6.07) is 6.47. The largest absolute Gasteiger partial charge is 0.340 e. The predicted molar refractivity (Wildman–Crippen MR) is 91.5 cm³/mol. The smallest absolute Gasteiger partial charge is 0.236 e. The van der Waals surface area contributed by atoms with E-state index in [0.717, 1.165) is 19.4 Å². The number of piperidine rings is 1. The van der Waals surface area contributed by atoms with Gasteiger partial charge in [-0.3, -0.25) is 9.59 Å². The predicted octanol–water partition coefficient (Wildman–Crippen LogP) is 1.21. The van der Waals surface area contributed by atoms with Gasteiger partial charge < -0.3 is 15.1 Å². The van der Waals surface area contributed by atoms with Crippen LogP contribution in [-0.4, -0.2) is 60.4 Å². The highest BCUT2D eigenvalue weighted by molar-refractivity contribution is 5.85. The van der Waals surface area contributed by atoms with Crippen LogP contribution in [0.3, 0.4) is 0 Å². The van der Waals surface area contributed by atoms with Crippen LogP contribution in [0.4, 0.5) is 4.39 Å². The molecule has 24 heavy (non-hydrogen) atoms. The van der Waals surface area contributed by atoms with Gasteiger partial charge in [-0.05, 0) is 24.5 Å². The molecule has 0 spiro atoms. The van der Waals surface area contributed by atoms with Crippen molar-refractivity contribution in [2.75, 3.05) is 32.7 Å². The van der Waals surface area contributed by atoms with E-state index < -0.39 is 0 Å². The highest BCUT2D eigenvalue weighted by Gasteiger charge is 2.31. The first-order valence-corrected chi connectivity index (χ1v) is 8.16. The zero-order valence-electron chi connectivity index (χ0n) is 13.5.